The number of halogens is 1. The van der Waals surface area contributed by atoms with Gasteiger partial charge in [-0.25, -0.2) is 0 Å². The van der Waals surface area contributed by atoms with Gasteiger partial charge in [0.1, 0.15) is 0 Å². The van der Waals surface area contributed by atoms with Crippen molar-refractivity contribution in [3.05, 3.63) is 12.0 Å². The van der Waals surface area contributed by atoms with Crippen LogP contribution >= 0.6 is 0 Å². The number of amides is 1. The second kappa shape index (κ2) is 7.78. The smallest absolute Gasteiger partial charge is 0.307 e. The number of ether oxygens (including phenoxy) is 1. The third-order valence-electron chi connectivity index (χ3n) is 1.45. The Bertz CT molecular complexity index is 254. The first-order valence-electron chi connectivity index (χ1n) is 4.58. The first kappa shape index (κ1) is 13.4. The Kier molecular flexibility index (Phi) is 6.96. The quantitative estimate of drug-likeness (QED) is 0.376. The van der Waals surface area contributed by atoms with E-state index in [1.807, 2.05) is 0 Å². The van der Waals surface area contributed by atoms with E-state index < -0.39 is 11.7 Å². The molecular weight excluding hydrogens is 203 g/mol. The molecule has 0 bridgehead atoms. The molecule has 0 aromatic carbocycles. The third-order valence-corrected chi connectivity index (χ3v) is 1.45. The summed E-state index contributed by atoms with van der Waals surface area (Å²) in [7, 11) is 1.33. The number of hydrogen-bond donors (Lipinski definition) is 2. The molecule has 0 aliphatic carbocycles. The Balaban J connectivity index is 3.69. The van der Waals surface area contributed by atoms with Gasteiger partial charge in [0.05, 0.1) is 13.0 Å². The van der Waals surface area contributed by atoms with E-state index in [1.165, 1.54) is 7.05 Å². The molecule has 15 heavy (non-hydrogen) atoms. The molecule has 0 heterocycles. The zero-order valence-corrected chi connectivity index (χ0v) is 8.80. The number of hydrogen-bond acceptors (Lipinski definition) is 4. The number of esters is 1. The zero-order valence-electron chi connectivity index (χ0n) is 8.80. The topological polar surface area (TPSA) is 67.4 Å². The molecule has 0 fully saturated rings. The minimum absolute atomic E-state index is 0.130. The van der Waals surface area contributed by atoms with Crippen LogP contribution in [0.15, 0.2) is 12.0 Å². The minimum atomic E-state index is -0.929. The standard InChI is InChI=1S/C9H15FN2O3/c1-3-15-8(13)4-5-12-6-7(10)9(14)11-2/h6,12H,3-5H2,1-2H3,(H,11,14)/b7-6+. The lowest BCUT2D eigenvalue weighted by Crippen LogP contribution is -2.21. The van der Waals surface area contributed by atoms with E-state index in [0.29, 0.717) is 6.61 Å². The molecule has 0 spiro atoms. The van der Waals surface area contributed by atoms with E-state index in [2.05, 4.69) is 15.4 Å². The van der Waals surface area contributed by atoms with Gasteiger partial charge >= 0.3 is 5.97 Å². The lowest BCUT2D eigenvalue weighted by molar-refractivity contribution is -0.142. The Morgan fingerprint density at radius 3 is 2.67 bits per heavy atom. The van der Waals surface area contributed by atoms with Crippen molar-refractivity contribution in [3.8, 4) is 0 Å². The van der Waals surface area contributed by atoms with E-state index in [1.54, 1.807) is 6.92 Å². The van der Waals surface area contributed by atoms with Crippen LogP contribution in [0.2, 0.25) is 0 Å². The highest BCUT2D eigenvalue weighted by atomic mass is 19.1. The molecule has 0 saturated carbocycles. The number of nitrogens with one attached hydrogen (secondary N) is 2. The maximum atomic E-state index is 12.7. The molecule has 0 radical (unpaired) electrons. The van der Waals surface area contributed by atoms with Crippen molar-refractivity contribution >= 4 is 11.9 Å². The van der Waals surface area contributed by atoms with E-state index in [0.717, 1.165) is 6.20 Å². The van der Waals surface area contributed by atoms with Gasteiger partial charge in [-0.1, -0.05) is 0 Å². The molecule has 0 aromatic heterocycles. The molecule has 0 rings (SSSR count). The van der Waals surface area contributed by atoms with Crippen LogP contribution in [-0.2, 0) is 14.3 Å². The molecule has 0 aliphatic heterocycles. The minimum Gasteiger partial charge on any atom is -0.466 e. The van der Waals surface area contributed by atoms with Crippen molar-refractivity contribution in [3.63, 3.8) is 0 Å². The Hall–Kier alpha value is -1.59. The SMILES string of the molecule is CCOC(=O)CCN/C=C(/F)C(=O)NC. The average molecular weight is 218 g/mol. The van der Waals surface area contributed by atoms with Gasteiger partial charge in [-0.3, -0.25) is 9.59 Å². The van der Waals surface area contributed by atoms with Crippen LogP contribution in [0.1, 0.15) is 13.3 Å². The number of carbonyl (C=O) groups excluding carboxylic acids is 2. The van der Waals surface area contributed by atoms with Gasteiger partial charge in [-0.05, 0) is 6.92 Å². The molecule has 0 aliphatic rings. The summed E-state index contributed by atoms with van der Waals surface area (Å²) in [5.41, 5.74) is 0. The van der Waals surface area contributed by atoms with Crippen LogP contribution in [0.5, 0.6) is 0 Å². The van der Waals surface area contributed by atoms with Crippen LogP contribution in [0.4, 0.5) is 4.39 Å². The average Bonchev–Trinajstić information content (AvgIpc) is 2.23. The molecule has 0 unspecified atom stereocenters. The van der Waals surface area contributed by atoms with Gasteiger partial charge < -0.3 is 15.4 Å². The molecule has 1 amide bonds. The lowest BCUT2D eigenvalue weighted by atomic mass is 10.4. The van der Waals surface area contributed by atoms with Crippen molar-refractivity contribution in [2.24, 2.45) is 0 Å². The summed E-state index contributed by atoms with van der Waals surface area (Å²) >= 11 is 0. The molecule has 0 atom stereocenters. The number of rotatable bonds is 6. The summed E-state index contributed by atoms with van der Waals surface area (Å²) in [4.78, 5) is 21.5. The van der Waals surface area contributed by atoms with Gasteiger partial charge in [-0.15, -0.1) is 0 Å². The van der Waals surface area contributed by atoms with E-state index in [-0.39, 0.29) is 18.9 Å². The lowest BCUT2D eigenvalue weighted by Gasteiger charge is -2.01. The van der Waals surface area contributed by atoms with E-state index >= 15 is 0 Å². The van der Waals surface area contributed by atoms with Gasteiger partial charge in [-0.2, -0.15) is 4.39 Å². The fourth-order valence-corrected chi connectivity index (χ4v) is 0.754. The van der Waals surface area contributed by atoms with Gasteiger partial charge in [0, 0.05) is 19.8 Å². The normalized spacial score (nSPS) is 10.7. The van der Waals surface area contributed by atoms with Crippen LogP contribution in [0.25, 0.3) is 0 Å². The van der Waals surface area contributed by atoms with Crippen LogP contribution in [0.3, 0.4) is 0 Å². The number of carbonyl (C=O) groups is 2. The summed E-state index contributed by atoms with van der Waals surface area (Å²) < 4.78 is 17.4. The van der Waals surface area contributed by atoms with E-state index in [4.69, 9.17) is 0 Å². The van der Waals surface area contributed by atoms with Crippen molar-refractivity contribution in [2.75, 3.05) is 20.2 Å². The maximum Gasteiger partial charge on any atom is 0.307 e. The Morgan fingerprint density at radius 1 is 1.47 bits per heavy atom. The third kappa shape index (κ3) is 6.48. The summed E-state index contributed by atoms with van der Waals surface area (Å²) in [5, 5.41) is 4.61. The fraction of sp³-hybridized carbons (Fsp3) is 0.556. The molecule has 2 N–H and O–H groups in total. The first-order chi connectivity index (χ1) is 7.11. The van der Waals surface area contributed by atoms with E-state index in [9.17, 15) is 14.0 Å². The monoisotopic (exact) mass is 218 g/mol. The van der Waals surface area contributed by atoms with Crippen molar-refractivity contribution in [1.82, 2.24) is 10.6 Å². The van der Waals surface area contributed by atoms with Crippen molar-refractivity contribution < 1.29 is 18.7 Å². The molecule has 0 aromatic rings. The Morgan fingerprint density at radius 2 is 2.13 bits per heavy atom. The predicted molar refractivity (Wildman–Crippen MR) is 52.5 cm³/mol. The van der Waals surface area contributed by atoms with Crippen LogP contribution in [0, 0.1) is 0 Å². The van der Waals surface area contributed by atoms with Crippen molar-refractivity contribution in [2.45, 2.75) is 13.3 Å². The van der Waals surface area contributed by atoms with Gasteiger partial charge in [0.15, 0.2) is 0 Å². The van der Waals surface area contributed by atoms with Gasteiger partial charge in [0.2, 0.25) is 5.83 Å². The molecule has 6 heteroatoms. The second-order valence-electron chi connectivity index (χ2n) is 2.58. The molecule has 86 valence electrons. The highest BCUT2D eigenvalue weighted by Crippen LogP contribution is 1.93. The molecule has 0 saturated heterocycles. The largest absolute Gasteiger partial charge is 0.466 e. The second-order valence-corrected chi connectivity index (χ2v) is 2.58. The highest BCUT2D eigenvalue weighted by molar-refractivity contribution is 5.90. The Labute approximate surface area is 87.7 Å². The number of likely N-dealkylation sites (N-methyl/N-ethyl adjacent to an activating group) is 1. The first-order valence-corrected chi connectivity index (χ1v) is 4.58. The summed E-state index contributed by atoms with van der Waals surface area (Å²) in [6, 6.07) is 0. The summed E-state index contributed by atoms with van der Waals surface area (Å²) in [5.74, 6) is -2.10. The van der Waals surface area contributed by atoms with Crippen molar-refractivity contribution in [1.29, 1.82) is 0 Å². The predicted octanol–water partition coefficient (Wildman–Crippen LogP) is 0.0861. The van der Waals surface area contributed by atoms with Crippen LogP contribution in [-0.4, -0.2) is 32.1 Å². The zero-order chi connectivity index (χ0) is 11.7. The summed E-state index contributed by atoms with van der Waals surface area (Å²) in [6.45, 7) is 2.25. The summed E-state index contributed by atoms with van der Waals surface area (Å²) in [6.07, 6.45) is 1.05. The fourth-order valence-electron chi connectivity index (χ4n) is 0.754. The maximum absolute atomic E-state index is 12.7. The molecular formula is C9H15FN2O3. The highest BCUT2D eigenvalue weighted by Gasteiger charge is 2.04. The van der Waals surface area contributed by atoms with Gasteiger partial charge in [0.25, 0.3) is 5.91 Å². The van der Waals surface area contributed by atoms with Crippen LogP contribution < -0.4 is 10.6 Å². The molecule has 5 nitrogen and oxygen atoms in total.